The Morgan fingerprint density at radius 1 is 1.30 bits per heavy atom. The first-order chi connectivity index (χ1) is 9.43. The second-order valence-electron chi connectivity index (χ2n) is 5.98. The molecule has 6 heteroatoms. The molecule has 3 unspecified atom stereocenters. The standard InChI is InChI=1S/C14H24N2O4/c1-3-9(2)15(8-13(18)19)14(20)16-10-4-5-11(16)7-12(17)6-10/h9-12,17H,3-8H2,1-2H3,(H,18,19). The van der Waals surface area contributed by atoms with E-state index in [2.05, 4.69) is 0 Å². The number of rotatable bonds is 4. The van der Waals surface area contributed by atoms with Gasteiger partial charge in [-0.1, -0.05) is 6.92 Å². The molecule has 0 saturated carbocycles. The number of carboxylic acid groups (broad SMARTS) is 1. The molecule has 2 amide bonds. The highest BCUT2D eigenvalue weighted by Gasteiger charge is 2.44. The zero-order valence-electron chi connectivity index (χ0n) is 12.2. The van der Waals surface area contributed by atoms with E-state index >= 15 is 0 Å². The number of urea groups is 1. The van der Waals surface area contributed by atoms with Gasteiger partial charge in [0, 0.05) is 18.1 Å². The van der Waals surface area contributed by atoms with Crippen molar-refractivity contribution in [1.82, 2.24) is 9.80 Å². The number of hydrogen-bond donors (Lipinski definition) is 2. The van der Waals surface area contributed by atoms with Gasteiger partial charge in [-0.25, -0.2) is 4.79 Å². The molecule has 2 saturated heterocycles. The Kier molecular flexibility index (Phi) is 4.52. The van der Waals surface area contributed by atoms with Crippen molar-refractivity contribution in [3.63, 3.8) is 0 Å². The molecule has 0 aromatic heterocycles. The molecule has 2 fully saturated rings. The molecule has 2 aliphatic rings. The zero-order valence-corrected chi connectivity index (χ0v) is 12.2. The predicted molar refractivity (Wildman–Crippen MR) is 73.4 cm³/mol. The van der Waals surface area contributed by atoms with Crippen molar-refractivity contribution in [3.8, 4) is 0 Å². The minimum atomic E-state index is -0.983. The first-order valence-corrected chi connectivity index (χ1v) is 7.42. The lowest BCUT2D eigenvalue weighted by molar-refractivity contribution is -0.138. The first-order valence-electron chi connectivity index (χ1n) is 7.42. The largest absolute Gasteiger partial charge is 0.480 e. The van der Waals surface area contributed by atoms with Crippen molar-refractivity contribution in [2.24, 2.45) is 0 Å². The molecule has 2 heterocycles. The number of carboxylic acids is 1. The van der Waals surface area contributed by atoms with Gasteiger partial charge < -0.3 is 20.0 Å². The van der Waals surface area contributed by atoms with Gasteiger partial charge in [0.15, 0.2) is 0 Å². The van der Waals surface area contributed by atoms with Gasteiger partial charge in [0.1, 0.15) is 6.54 Å². The van der Waals surface area contributed by atoms with Crippen molar-refractivity contribution in [2.45, 2.75) is 70.2 Å². The van der Waals surface area contributed by atoms with E-state index in [-0.39, 0.29) is 36.8 Å². The highest BCUT2D eigenvalue weighted by atomic mass is 16.4. The van der Waals surface area contributed by atoms with Crippen LogP contribution in [-0.2, 0) is 4.79 Å². The van der Waals surface area contributed by atoms with Crippen molar-refractivity contribution in [3.05, 3.63) is 0 Å². The SMILES string of the molecule is CCC(C)N(CC(=O)O)C(=O)N1C2CCC1CC(O)C2. The number of aliphatic hydroxyl groups excluding tert-OH is 1. The van der Waals surface area contributed by atoms with Gasteiger partial charge >= 0.3 is 12.0 Å². The summed E-state index contributed by atoms with van der Waals surface area (Å²) in [4.78, 5) is 27.0. The molecule has 0 aliphatic carbocycles. The third-order valence-electron chi connectivity index (χ3n) is 4.60. The van der Waals surface area contributed by atoms with E-state index in [1.165, 1.54) is 4.90 Å². The van der Waals surface area contributed by atoms with Gasteiger partial charge in [-0.3, -0.25) is 4.79 Å². The molecule has 0 aromatic carbocycles. The highest BCUT2D eigenvalue weighted by molar-refractivity contribution is 5.81. The molecule has 3 atom stereocenters. The van der Waals surface area contributed by atoms with Crippen LogP contribution in [0.3, 0.4) is 0 Å². The molecule has 0 aromatic rings. The molecule has 0 spiro atoms. The van der Waals surface area contributed by atoms with E-state index in [1.54, 1.807) is 0 Å². The smallest absolute Gasteiger partial charge is 0.323 e. The quantitative estimate of drug-likeness (QED) is 0.815. The number of aliphatic carboxylic acids is 1. The van der Waals surface area contributed by atoms with E-state index in [9.17, 15) is 14.7 Å². The zero-order chi connectivity index (χ0) is 14.9. The second-order valence-corrected chi connectivity index (χ2v) is 5.98. The number of carbonyl (C=O) groups excluding carboxylic acids is 1. The van der Waals surface area contributed by atoms with Crippen LogP contribution in [0.15, 0.2) is 0 Å². The Morgan fingerprint density at radius 2 is 1.85 bits per heavy atom. The second kappa shape index (κ2) is 5.99. The third-order valence-corrected chi connectivity index (χ3v) is 4.60. The molecular weight excluding hydrogens is 260 g/mol. The first kappa shape index (κ1) is 15.1. The monoisotopic (exact) mass is 284 g/mol. The summed E-state index contributed by atoms with van der Waals surface area (Å²) in [5.74, 6) is -0.983. The van der Waals surface area contributed by atoms with Crippen LogP contribution in [0.4, 0.5) is 4.79 Å². The fraction of sp³-hybridized carbons (Fsp3) is 0.857. The van der Waals surface area contributed by atoms with E-state index < -0.39 is 5.97 Å². The van der Waals surface area contributed by atoms with Gasteiger partial charge in [0.2, 0.25) is 0 Å². The Labute approximate surface area is 119 Å². The maximum Gasteiger partial charge on any atom is 0.323 e. The van der Waals surface area contributed by atoms with Crippen LogP contribution < -0.4 is 0 Å². The number of nitrogens with zero attached hydrogens (tertiary/aromatic N) is 2. The summed E-state index contributed by atoms with van der Waals surface area (Å²) in [5, 5.41) is 18.8. The van der Waals surface area contributed by atoms with E-state index in [4.69, 9.17) is 5.11 Å². The highest BCUT2D eigenvalue weighted by Crippen LogP contribution is 2.36. The Hall–Kier alpha value is -1.30. The topological polar surface area (TPSA) is 81.1 Å². The van der Waals surface area contributed by atoms with E-state index in [0.717, 1.165) is 19.3 Å². The number of amides is 2. The summed E-state index contributed by atoms with van der Waals surface area (Å²) in [5.41, 5.74) is 0. The van der Waals surface area contributed by atoms with Crippen molar-refractivity contribution in [1.29, 1.82) is 0 Å². The van der Waals surface area contributed by atoms with E-state index in [1.807, 2.05) is 18.7 Å². The summed E-state index contributed by atoms with van der Waals surface area (Å²) in [7, 11) is 0. The Morgan fingerprint density at radius 3 is 2.30 bits per heavy atom. The minimum Gasteiger partial charge on any atom is -0.480 e. The fourth-order valence-corrected chi connectivity index (χ4v) is 3.39. The normalized spacial score (nSPS) is 30.1. The molecule has 2 N–H and O–H groups in total. The number of piperidine rings is 1. The summed E-state index contributed by atoms with van der Waals surface area (Å²) in [6, 6.07) is -0.140. The van der Waals surface area contributed by atoms with Gasteiger partial charge in [0.25, 0.3) is 0 Å². The molecule has 114 valence electrons. The molecule has 2 rings (SSSR count). The molecule has 20 heavy (non-hydrogen) atoms. The number of aliphatic hydroxyl groups is 1. The average Bonchev–Trinajstić information content (AvgIpc) is 2.66. The lowest BCUT2D eigenvalue weighted by Crippen LogP contribution is -2.56. The third kappa shape index (κ3) is 2.90. The number of carbonyl (C=O) groups is 2. The predicted octanol–water partition coefficient (Wildman–Crippen LogP) is 1.28. The maximum atomic E-state index is 12.7. The minimum absolute atomic E-state index is 0.0663. The van der Waals surface area contributed by atoms with Crippen LogP contribution in [0.2, 0.25) is 0 Å². The molecule has 2 aliphatic heterocycles. The average molecular weight is 284 g/mol. The van der Waals surface area contributed by atoms with Crippen molar-refractivity contribution in [2.75, 3.05) is 6.54 Å². The molecular formula is C14H24N2O4. The van der Waals surface area contributed by atoms with Gasteiger partial charge in [-0.2, -0.15) is 0 Å². The van der Waals surface area contributed by atoms with Crippen LogP contribution in [0, 0.1) is 0 Å². The fourth-order valence-electron chi connectivity index (χ4n) is 3.39. The lowest BCUT2D eigenvalue weighted by Gasteiger charge is -2.41. The van der Waals surface area contributed by atoms with Crippen LogP contribution in [0.5, 0.6) is 0 Å². The molecule has 0 radical (unpaired) electrons. The number of fused-ring (bicyclic) bond motifs is 2. The summed E-state index contributed by atoms with van der Waals surface area (Å²) >= 11 is 0. The Bertz CT molecular complexity index is 373. The summed E-state index contributed by atoms with van der Waals surface area (Å²) in [6.07, 6.45) is 3.45. The van der Waals surface area contributed by atoms with Crippen molar-refractivity contribution >= 4 is 12.0 Å². The van der Waals surface area contributed by atoms with Gasteiger partial charge in [-0.15, -0.1) is 0 Å². The van der Waals surface area contributed by atoms with Crippen molar-refractivity contribution < 1.29 is 19.8 Å². The molecule has 6 nitrogen and oxygen atoms in total. The number of hydrogen-bond acceptors (Lipinski definition) is 3. The van der Waals surface area contributed by atoms with Crippen LogP contribution in [-0.4, -0.2) is 62.8 Å². The summed E-state index contributed by atoms with van der Waals surface area (Å²) in [6.45, 7) is 3.56. The van der Waals surface area contributed by atoms with Gasteiger partial charge in [-0.05, 0) is 39.0 Å². The maximum absolute atomic E-state index is 12.7. The van der Waals surface area contributed by atoms with E-state index in [0.29, 0.717) is 12.8 Å². The summed E-state index contributed by atoms with van der Waals surface area (Å²) < 4.78 is 0. The lowest BCUT2D eigenvalue weighted by atomic mass is 10.0. The molecule has 2 bridgehead atoms. The van der Waals surface area contributed by atoms with Crippen LogP contribution in [0.1, 0.15) is 46.0 Å². The van der Waals surface area contributed by atoms with Gasteiger partial charge in [0.05, 0.1) is 6.10 Å². The van der Waals surface area contributed by atoms with Crippen LogP contribution in [0.25, 0.3) is 0 Å². The van der Waals surface area contributed by atoms with Crippen LogP contribution >= 0.6 is 0 Å². The Balaban J connectivity index is 2.13.